The van der Waals surface area contributed by atoms with E-state index in [-0.39, 0.29) is 12.6 Å². The van der Waals surface area contributed by atoms with Gasteiger partial charge < -0.3 is 9.84 Å². The highest BCUT2D eigenvalue weighted by molar-refractivity contribution is 5.81. The van der Waals surface area contributed by atoms with E-state index in [1.165, 1.54) is 25.7 Å². The summed E-state index contributed by atoms with van der Waals surface area (Å²) in [6.45, 7) is 1.85. The number of ketones is 1. The smallest absolute Gasteiger partial charge is 0.186 e. The Morgan fingerprint density at radius 3 is 2.55 bits per heavy atom. The minimum atomic E-state index is -0.358. The van der Waals surface area contributed by atoms with Crippen molar-refractivity contribution in [1.29, 1.82) is 0 Å². The Bertz CT molecular complexity index is 388. The molecule has 0 unspecified atom stereocenters. The van der Waals surface area contributed by atoms with Crippen molar-refractivity contribution in [3.63, 3.8) is 0 Å². The third kappa shape index (κ3) is 6.71. The standard InChI is InChI=1S/C17H26O3/c1-2-3-4-5-6-7-11-16(19)13-15-10-8-9-12-17(15)20-14-18/h8-10,12,18H,2-7,11,13-14H2,1H3. The van der Waals surface area contributed by atoms with Crippen molar-refractivity contribution in [2.75, 3.05) is 6.79 Å². The van der Waals surface area contributed by atoms with Gasteiger partial charge >= 0.3 is 0 Å². The molecule has 0 saturated carbocycles. The summed E-state index contributed by atoms with van der Waals surface area (Å²) in [5, 5.41) is 8.82. The summed E-state index contributed by atoms with van der Waals surface area (Å²) in [4.78, 5) is 11.9. The zero-order valence-electron chi connectivity index (χ0n) is 12.4. The Hall–Kier alpha value is -1.35. The maximum atomic E-state index is 11.9. The molecule has 0 aliphatic carbocycles. The quantitative estimate of drug-likeness (QED) is 0.493. The van der Waals surface area contributed by atoms with E-state index in [2.05, 4.69) is 6.92 Å². The maximum absolute atomic E-state index is 11.9. The lowest BCUT2D eigenvalue weighted by Crippen LogP contribution is -2.05. The first-order valence-corrected chi connectivity index (χ1v) is 7.61. The number of aliphatic hydroxyl groups excluding tert-OH is 1. The fourth-order valence-corrected chi connectivity index (χ4v) is 2.26. The summed E-state index contributed by atoms with van der Waals surface area (Å²) >= 11 is 0. The molecule has 1 rings (SSSR count). The van der Waals surface area contributed by atoms with E-state index in [1.807, 2.05) is 18.2 Å². The third-order valence-electron chi connectivity index (χ3n) is 3.39. The predicted molar refractivity (Wildman–Crippen MR) is 80.9 cm³/mol. The summed E-state index contributed by atoms with van der Waals surface area (Å²) in [5.74, 6) is 0.848. The average molecular weight is 278 g/mol. The lowest BCUT2D eigenvalue weighted by atomic mass is 10.0. The van der Waals surface area contributed by atoms with Crippen molar-refractivity contribution in [2.24, 2.45) is 0 Å². The predicted octanol–water partition coefficient (Wildman–Crippen LogP) is 3.88. The van der Waals surface area contributed by atoms with Gasteiger partial charge in [-0.05, 0) is 12.5 Å². The zero-order valence-corrected chi connectivity index (χ0v) is 12.4. The molecule has 20 heavy (non-hydrogen) atoms. The second kappa shape index (κ2) is 10.4. The van der Waals surface area contributed by atoms with Crippen LogP contribution in [-0.2, 0) is 11.2 Å². The summed E-state index contributed by atoms with van der Waals surface area (Å²) in [5.41, 5.74) is 0.859. The number of carbonyl (C=O) groups excluding carboxylic acids is 1. The van der Waals surface area contributed by atoms with Crippen molar-refractivity contribution in [3.8, 4) is 5.75 Å². The number of carbonyl (C=O) groups is 1. The molecule has 0 atom stereocenters. The van der Waals surface area contributed by atoms with Crippen LogP contribution in [0.25, 0.3) is 0 Å². The number of ether oxygens (including phenoxy) is 1. The van der Waals surface area contributed by atoms with Crippen molar-refractivity contribution >= 4 is 5.78 Å². The van der Waals surface area contributed by atoms with Crippen LogP contribution in [0, 0.1) is 0 Å². The van der Waals surface area contributed by atoms with E-state index in [0.29, 0.717) is 18.6 Å². The first-order valence-electron chi connectivity index (χ1n) is 7.61. The van der Waals surface area contributed by atoms with Gasteiger partial charge in [0.05, 0.1) is 0 Å². The molecule has 3 nitrogen and oxygen atoms in total. The number of Topliss-reactive ketones (excluding diaryl/α,β-unsaturated/α-hetero) is 1. The number of hydrogen-bond donors (Lipinski definition) is 1. The number of benzene rings is 1. The monoisotopic (exact) mass is 278 g/mol. The Morgan fingerprint density at radius 1 is 1.10 bits per heavy atom. The normalized spacial score (nSPS) is 10.5. The van der Waals surface area contributed by atoms with E-state index in [1.54, 1.807) is 6.07 Å². The van der Waals surface area contributed by atoms with Crippen LogP contribution in [0.2, 0.25) is 0 Å². The van der Waals surface area contributed by atoms with Crippen LogP contribution in [0.15, 0.2) is 24.3 Å². The number of aliphatic hydroxyl groups is 1. The molecule has 1 aromatic carbocycles. The van der Waals surface area contributed by atoms with Crippen molar-refractivity contribution in [2.45, 2.75) is 58.3 Å². The fourth-order valence-electron chi connectivity index (χ4n) is 2.26. The van der Waals surface area contributed by atoms with E-state index < -0.39 is 0 Å². The van der Waals surface area contributed by atoms with Crippen LogP contribution in [0.5, 0.6) is 5.75 Å². The van der Waals surface area contributed by atoms with Crippen LogP contribution < -0.4 is 4.74 Å². The Balaban J connectivity index is 2.28. The van der Waals surface area contributed by atoms with Crippen LogP contribution in [0.3, 0.4) is 0 Å². The largest absolute Gasteiger partial charge is 0.467 e. The third-order valence-corrected chi connectivity index (χ3v) is 3.39. The highest BCUT2D eigenvalue weighted by Gasteiger charge is 2.08. The first-order chi connectivity index (χ1) is 9.77. The second-order valence-corrected chi connectivity index (χ2v) is 5.11. The molecule has 0 aromatic heterocycles. The van der Waals surface area contributed by atoms with E-state index >= 15 is 0 Å². The van der Waals surface area contributed by atoms with Gasteiger partial charge in [0.15, 0.2) is 6.79 Å². The molecule has 3 heteroatoms. The van der Waals surface area contributed by atoms with Gasteiger partial charge in [-0.15, -0.1) is 0 Å². The zero-order chi connectivity index (χ0) is 14.6. The van der Waals surface area contributed by atoms with Crippen LogP contribution in [0.4, 0.5) is 0 Å². The molecule has 0 saturated heterocycles. The minimum absolute atomic E-state index is 0.245. The van der Waals surface area contributed by atoms with Crippen molar-refractivity contribution < 1.29 is 14.6 Å². The highest BCUT2D eigenvalue weighted by atomic mass is 16.6. The van der Waals surface area contributed by atoms with E-state index in [9.17, 15) is 4.79 Å². The number of rotatable bonds is 11. The van der Waals surface area contributed by atoms with Gasteiger partial charge in [0.1, 0.15) is 11.5 Å². The molecule has 0 bridgehead atoms. The molecule has 0 heterocycles. The molecule has 0 aliphatic rings. The fraction of sp³-hybridized carbons (Fsp3) is 0.588. The summed E-state index contributed by atoms with van der Waals surface area (Å²) in [6.07, 6.45) is 8.19. The SMILES string of the molecule is CCCCCCCCC(=O)Cc1ccccc1OCO. The molecule has 0 aliphatic heterocycles. The van der Waals surface area contributed by atoms with Crippen molar-refractivity contribution in [1.82, 2.24) is 0 Å². The topological polar surface area (TPSA) is 46.5 Å². The molecule has 1 N–H and O–H groups in total. The Labute approximate surface area is 122 Å². The molecular weight excluding hydrogens is 252 g/mol. The number of hydrogen-bond acceptors (Lipinski definition) is 3. The summed E-state index contributed by atoms with van der Waals surface area (Å²) < 4.78 is 5.11. The van der Waals surface area contributed by atoms with Gasteiger partial charge in [-0.1, -0.05) is 57.2 Å². The molecule has 112 valence electrons. The van der Waals surface area contributed by atoms with Gasteiger partial charge in [-0.25, -0.2) is 0 Å². The lowest BCUT2D eigenvalue weighted by molar-refractivity contribution is -0.118. The maximum Gasteiger partial charge on any atom is 0.186 e. The average Bonchev–Trinajstić information content (AvgIpc) is 2.45. The Morgan fingerprint density at radius 2 is 1.80 bits per heavy atom. The number of unbranched alkanes of at least 4 members (excludes halogenated alkanes) is 5. The molecule has 0 spiro atoms. The second-order valence-electron chi connectivity index (χ2n) is 5.11. The van der Waals surface area contributed by atoms with Crippen molar-refractivity contribution in [3.05, 3.63) is 29.8 Å². The van der Waals surface area contributed by atoms with Gasteiger partial charge in [0, 0.05) is 18.4 Å². The molecule has 0 radical (unpaired) electrons. The van der Waals surface area contributed by atoms with Gasteiger partial charge in [-0.3, -0.25) is 4.79 Å². The summed E-state index contributed by atoms with van der Waals surface area (Å²) in [7, 11) is 0. The van der Waals surface area contributed by atoms with Gasteiger partial charge in [0.25, 0.3) is 0 Å². The highest BCUT2D eigenvalue weighted by Crippen LogP contribution is 2.19. The van der Waals surface area contributed by atoms with Gasteiger partial charge in [0.2, 0.25) is 0 Å². The molecule has 1 aromatic rings. The molecule has 0 fully saturated rings. The van der Waals surface area contributed by atoms with Crippen LogP contribution in [-0.4, -0.2) is 17.7 Å². The Kier molecular flexibility index (Phi) is 8.72. The lowest BCUT2D eigenvalue weighted by Gasteiger charge is -2.08. The summed E-state index contributed by atoms with van der Waals surface area (Å²) in [6, 6.07) is 7.39. The first kappa shape index (κ1) is 16.7. The van der Waals surface area contributed by atoms with Gasteiger partial charge in [-0.2, -0.15) is 0 Å². The van der Waals surface area contributed by atoms with E-state index in [0.717, 1.165) is 18.4 Å². The van der Waals surface area contributed by atoms with E-state index in [4.69, 9.17) is 9.84 Å². The number of para-hydroxylation sites is 1. The molecular formula is C17H26O3. The van der Waals surface area contributed by atoms with Crippen LogP contribution >= 0.6 is 0 Å². The van der Waals surface area contributed by atoms with Crippen LogP contribution in [0.1, 0.15) is 57.4 Å². The minimum Gasteiger partial charge on any atom is -0.467 e. The molecule has 0 amide bonds.